The molecular formula is C12H19N3O5S. The molecule has 0 fully saturated rings. The normalized spacial score (nSPS) is 11.7. The molecule has 0 spiro atoms. The zero-order valence-corrected chi connectivity index (χ0v) is 12.9. The number of carboxylic acid groups (broad SMARTS) is 1. The Bertz CT molecular complexity index is 648. The van der Waals surface area contributed by atoms with Gasteiger partial charge in [0, 0.05) is 25.8 Å². The summed E-state index contributed by atoms with van der Waals surface area (Å²) in [6.07, 6.45) is 1.06. The average molecular weight is 317 g/mol. The van der Waals surface area contributed by atoms with Gasteiger partial charge in [-0.1, -0.05) is 0 Å². The molecule has 3 N–H and O–H groups in total. The van der Waals surface area contributed by atoms with Gasteiger partial charge in [-0.2, -0.15) is 0 Å². The summed E-state index contributed by atoms with van der Waals surface area (Å²) in [5, 5.41) is 13.8. The van der Waals surface area contributed by atoms with Gasteiger partial charge in [-0.3, -0.25) is 9.59 Å². The van der Waals surface area contributed by atoms with Gasteiger partial charge < -0.3 is 14.6 Å². The number of aromatic nitrogens is 1. The molecule has 1 heterocycles. The molecule has 9 heteroatoms. The number of aliphatic carboxylic acids is 1. The van der Waals surface area contributed by atoms with E-state index in [9.17, 15) is 18.0 Å². The van der Waals surface area contributed by atoms with E-state index >= 15 is 0 Å². The lowest BCUT2D eigenvalue weighted by Gasteiger charge is -2.26. The molecule has 8 nitrogen and oxygen atoms in total. The van der Waals surface area contributed by atoms with Crippen molar-refractivity contribution in [3.63, 3.8) is 0 Å². The van der Waals surface area contributed by atoms with Crippen molar-refractivity contribution in [3.8, 4) is 0 Å². The topological polar surface area (TPSA) is 123 Å². The largest absolute Gasteiger partial charge is 0.481 e. The van der Waals surface area contributed by atoms with Gasteiger partial charge in [-0.25, -0.2) is 13.6 Å². The minimum atomic E-state index is -3.90. The average Bonchev–Trinajstić information content (AvgIpc) is 2.70. The fraction of sp³-hybridized carbons (Fsp3) is 0.500. The number of amides is 1. The highest BCUT2D eigenvalue weighted by atomic mass is 32.2. The lowest BCUT2D eigenvalue weighted by molar-refractivity contribution is -0.137. The molecule has 0 atom stereocenters. The van der Waals surface area contributed by atoms with Crippen molar-refractivity contribution >= 4 is 21.9 Å². The van der Waals surface area contributed by atoms with Crippen LogP contribution in [0.15, 0.2) is 17.2 Å². The van der Waals surface area contributed by atoms with Crippen LogP contribution in [-0.2, 0) is 21.9 Å². The summed E-state index contributed by atoms with van der Waals surface area (Å²) in [6, 6.07) is 0.970. The number of carbonyl (C=O) groups excluding carboxylic acids is 1. The maximum Gasteiger partial charge on any atom is 0.305 e. The molecule has 21 heavy (non-hydrogen) atoms. The Kier molecular flexibility index (Phi) is 5.13. The first kappa shape index (κ1) is 17.2. The van der Waals surface area contributed by atoms with Crippen molar-refractivity contribution in [3.05, 3.63) is 18.0 Å². The van der Waals surface area contributed by atoms with E-state index in [4.69, 9.17) is 10.2 Å². The highest BCUT2D eigenvalue weighted by molar-refractivity contribution is 7.89. The maximum absolute atomic E-state index is 12.4. The fourth-order valence-electron chi connectivity index (χ4n) is 1.86. The van der Waals surface area contributed by atoms with Crippen LogP contribution in [0.4, 0.5) is 0 Å². The van der Waals surface area contributed by atoms with Crippen molar-refractivity contribution in [1.82, 2.24) is 9.47 Å². The Morgan fingerprint density at radius 3 is 2.38 bits per heavy atom. The number of nitrogens with two attached hydrogens (primary N) is 1. The number of aryl methyl sites for hydroxylation is 1. The number of primary sulfonamides is 1. The lowest BCUT2D eigenvalue weighted by atomic mass is 10.2. The van der Waals surface area contributed by atoms with Crippen LogP contribution in [0.25, 0.3) is 0 Å². The summed E-state index contributed by atoms with van der Waals surface area (Å²) < 4.78 is 24.0. The molecule has 0 unspecified atom stereocenters. The SMILES string of the molecule is CC(C)N(CCC(=O)O)C(=O)c1cc(S(N)(=O)=O)cn1C. The molecular weight excluding hydrogens is 298 g/mol. The minimum absolute atomic E-state index is 0.0434. The minimum Gasteiger partial charge on any atom is -0.481 e. The van der Waals surface area contributed by atoms with Crippen molar-refractivity contribution < 1.29 is 23.1 Å². The second kappa shape index (κ2) is 6.27. The third kappa shape index (κ3) is 4.30. The molecule has 1 amide bonds. The number of rotatable bonds is 6. The van der Waals surface area contributed by atoms with E-state index in [0.717, 1.165) is 0 Å². The van der Waals surface area contributed by atoms with Crippen LogP contribution in [0.1, 0.15) is 30.8 Å². The maximum atomic E-state index is 12.4. The smallest absolute Gasteiger partial charge is 0.305 e. The third-order valence-corrected chi connectivity index (χ3v) is 3.86. The van der Waals surface area contributed by atoms with Crippen LogP contribution in [0.3, 0.4) is 0 Å². The standard InChI is InChI=1S/C12H19N3O5S/c1-8(2)15(5-4-11(16)17)12(18)10-6-9(7-14(10)3)21(13,19)20/h6-8H,4-5H2,1-3H3,(H,16,17)(H2,13,19,20). The Hall–Kier alpha value is -1.87. The van der Waals surface area contributed by atoms with E-state index in [1.807, 2.05) is 0 Å². The Balaban J connectivity index is 3.10. The molecule has 0 saturated heterocycles. The Labute approximate surface area is 123 Å². The van der Waals surface area contributed by atoms with Gasteiger partial charge in [0.2, 0.25) is 10.0 Å². The Morgan fingerprint density at radius 2 is 2.00 bits per heavy atom. The number of hydrogen-bond donors (Lipinski definition) is 2. The number of carbonyl (C=O) groups is 2. The second-order valence-electron chi connectivity index (χ2n) is 4.95. The van der Waals surface area contributed by atoms with Gasteiger partial charge in [0.05, 0.1) is 6.42 Å². The van der Waals surface area contributed by atoms with E-state index in [0.29, 0.717) is 0 Å². The summed E-state index contributed by atoms with van der Waals surface area (Å²) in [4.78, 5) is 24.3. The molecule has 118 valence electrons. The van der Waals surface area contributed by atoms with Crippen molar-refractivity contribution in [2.24, 2.45) is 12.2 Å². The second-order valence-corrected chi connectivity index (χ2v) is 6.51. The fourth-order valence-corrected chi connectivity index (χ4v) is 2.44. The third-order valence-electron chi connectivity index (χ3n) is 2.98. The van der Waals surface area contributed by atoms with Crippen molar-refractivity contribution in [2.75, 3.05) is 6.54 Å². The van der Waals surface area contributed by atoms with Gasteiger partial charge >= 0.3 is 5.97 Å². The molecule has 0 aliphatic rings. The molecule has 0 bridgehead atoms. The quantitative estimate of drug-likeness (QED) is 0.764. The van der Waals surface area contributed by atoms with Crippen LogP contribution < -0.4 is 5.14 Å². The molecule has 0 saturated carbocycles. The van der Waals surface area contributed by atoms with E-state index in [-0.39, 0.29) is 29.6 Å². The van der Waals surface area contributed by atoms with Crippen LogP contribution in [-0.4, -0.2) is 47.5 Å². The summed E-state index contributed by atoms with van der Waals surface area (Å²) >= 11 is 0. The van der Waals surface area contributed by atoms with Crippen molar-refractivity contribution in [2.45, 2.75) is 31.2 Å². The molecule has 1 aromatic rings. The van der Waals surface area contributed by atoms with E-state index in [1.165, 1.54) is 28.8 Å². The van der Waals surface area contributed by atoms with Crippen LogP contribution in [0.5, 0.6) is 0 Å². The molecule has 1 rings (SSSR count). The predicted molar refractivity (Wildman–Crippen MR) is 75.2 cm³/mol. The highest BCUT2D eigenvalue weighted by Crippen LogP contribution is 2.15. The van der Waals surface area contributed by atoms with E-state index < -0.39 is 21.9 Å². The lowest BCUT2D eigenvalue weighted by Crippen LogP contribution is -2.39. The van der Waals surface area contributed by atoms with Crippen LogP contribution in [0.2, 0.25) is 0 Å². The van der Waals surface area contributed by atoms with E-state index in [1.54, 1.807) is 13.8 Å². The number of hydrogen-bond acceptors (Lipinski definition) is 4. The number of sulfonamides is 1. The molecule has 0 aliphatic heterocycles. The van der Waals surface area contributed by atoms with Gasteiger partial charge in [-0.15, -0.1) is 0 Å². The summed E-state index contributed by atoms with van der Waals surface area (Å²) in [7, 11) is -2.37. The first-order valence-electron chi connectivity index (χ1n) is 6.26. The van der Waals surface area contributed by atoms with Crippen LogP contribution in [0, 0.1) is 0 Å². The van der Waals surface area contributed by atoms with Gasteiger partial charge in [-0.05, 0) is 19.9 Å². The number of carboxylic acids is 1. The molecule has 0 radical (unpaired) electrons. The number of nitrogens with zero attached hydrogens (tertiary/aromatic N) is 2. The summed E-state index contributed by atoms with van der Waals surface area (Å²) in [5.41, 5.74) is 0.137. The monoisotopic (exact) mass is 317 g/mol. The first-order valence-corrected chi connectivity index (χ1v) is 7.80. The predicted octanol–water partition coefficient (Wildman–Crippen LogP) is -0.00220. The van der Waals surface area contributed by atoms with Crippen molar-refractivity contribution in [1.29, 1.82) is 0 Å². The Morgan fingerprint density at radius 1 is 1.43 bits per heavy atom. The molecule has 1 aromatic heterocycles. The molecule has 0 aliphatic carbocycles. The van der Waals surface area contributed by atoms with Gasteiger partial charge in [0.1, 0.15) is 10.6 Å². The molecule has 0 aromatic carbocycles. The summed E-state index contributed by atoms with van der Waals surface area (Å²) in [5.74, 6) is -1.45. The zero-order valence-electron chi connectivity index (χ0n) is 12.1. The highest BCUT2D eigenvalue weighted by Gasteiger charge is 2.24. The van der Waals surface area contributed by atoms with Crippen LogP contribution >= 0.6 is 0 Å². The van der Waals surface area contributed by atoms with E-state index in [2.05, 4.69) is 0 Å². The zero-order chi connectivity index (χ0) is 16.4. The summed E-state index contributed by atoms with van der Waals surface area (Å²) in [6.45, 7) is 3.55. The first-order chi connectivity index (χ1) is 9.54. The van der Waals surface area contributed by atoms with Gasteiger partial charge in [0.15, 0.2) is 0 Å². The van der Waals surface area contributed by atoms with Gasteiger partial charge in [0.25, 0.3) is 5.91 Å².